The highest BCUT2D eigenvalue weighted by molar-refractivity contribution is 7.14. The highest BCUT2D eigenvalue weighted by Gasteiger charge is 2.19. The van der Waals surface area contributed by atoms with E-state index in [0.29, 0.717) is 15.8 Å². The number of carboxylic acid groups (broad SMARTS) is 1. The van der Waals surface area contributed by atoms with Gasteiger partial charge in [0.15, 0.2) is 6.10 Å². The van der Waals surface area contributed by atoms with Crippen LogP contribution < -0.4 is 10.1 Å². The SMILES string of the molecule is CC(Oc1ccc(Cl)cc1)C(=O)Nc1sccc1C(=O)O. The molecule has 1 atom stereocenters. The van der Waals surface area contributed by atoms with Gasteiger partial charge in [-0.1, -0.05) is 11.6 Å². The Morgan fingerprint density at radius 3 is 2.57 bits per heavy atom. The average molecular weight is 326 g/mol. The van der Waals surface area contributed by atoms with Crippen molar-refractivity contribution in [3.63, 3.8) is 0 Å². The van der Waals surface area contributed by atoms with Crippen LogP contribution in [0.4, 0.5) is 5.00 Å². The third kappa shape index (κ3) is 3.96. The number of thiophene rings is 1. The maximum atomic E-state index is 12.0. The molecule has 1 aromatic heterocycles. The summed E-state index contributed by atoms with van der Waals surface area (Å²) in [5, 5.41) is 14.0. The number of ether oxygens (including phenoxy) is 1. The summed E-state index contributed by atoms with van der Waals surface area (Å²) in [7, 11) is 0. The molecule has 1 aromatic carbocycles. The summed E-state index contributed by atoms with van der Waals surface area (Å²) in [6.45, 7) is 1.58. The van der Waals surface area contributed by atoms with Crippen LogP contribution in [0.25, 0.3) is 0 Å². The monoisotopic (exact) mass is 325 g/mol. The van der Waals surface area contributed by atoms with Gasteiger partial charge in [-0.2, -0.15) is 0 Å². The number of carbonyl (C=O) groups is 2. The van der Waals surface area contributed by atoms with Gasteiger partial charge in [0.1, 0.15) is 10.8 Å². The first-order valence-corrected chi connectivity index (χ1v) is 7.27. The molecule has 0 aliphatic carbocycles. The predicted octanol–water partition coefficient (Wildman–Crippen LogP) is 3.51. The third-order valence-corrected chi connectivity index (χ3v) is 3.71. The molecule has 0 aliphatic heterocycles. The maximum Gasteiger partial charge on any atom is 0.338 e. The molecule has 0 spiro atoms. The van der Waals surface area contributed by atoms with Gasteiger partial charge in [-0.3, -0.25) is 4.79 Å². The van der Waals surface area contributed by atoms with Gasteiger partial charge < -0.3 is 15.2 Å². The summed E-state index contributed by atoms with van der Waals surface area (Å²) in [5.41, 5.74) is 0.0621. The van der Waals surface area contributed by atoms with E-state index in [-0.39, 0.29) is 5.56 Å². The van der Waals surface area contributed by atoms with Crippen molar-refractivity contribution >= 4 is 39.8 Å². The lowest BCUT2D eigenvalue weighted by Gasteiger charge is -2.14. The minimum absolute atomic E-state index is 0.0621. The number of hydrogen-bond donors (Lipinski definition) is 2. The Morgan fingerprint density at radius 2 is 1.95 bits per heavy atom. The zero-order chi connectivity index (χ0) is 15.4. The Balaban J connectivity index is 2.01. The van der Waals surface area contributed by atoms with Crippen molar-refractivity contribution in [1.82, 2.24) is 0 Å². The van der Waals surface area contributed by atoms with Crippen molar-refractivity contribution in [2.24, 2.45) is 0 Å². The molecule has 21 heavy (non-hydrogen) atoms. The number of rotatable bonds is 5. The van der Waals surface area contributed by atoms with Crippen LogP contribution in [0.3, 0.4) is 0 Å². The van der Waals surface area contributed by atoms with Gasteiger partial charge in [-0.05, 0) is 42.6 Å². The smallest absolute Gasteiger partial charge is 0.338 e. The van der Waals surface area contributed by atoms with E-state index >= 15 is 0 Å². The molecule has 0 aliphatic rings. The van der Waals surface area contributed by atoms with E-state index < -0.39 is 18.0 Å². The largest absolute Gasteiger partial charge is 0.481 e. The number of carbonyl (C=O) groups excluding carboxylic acids is 1. The van der Waals surface area contributed by atoms with Gasteiger partial charge in [0.2, 0.25) is 0 Å². The van der Waals surface area contributed by atoms with Gasteiger partial charge in [-0.15, -0.1) is 11.3 Å². The van der Waals surface area contributed by atoms with Gasteiger partial charge in [0.25, 0.3) is 5.91 Å². The minimum Gasteiger partial charge on any atom is -0.481 e. The Kier molecular flexibility index (Phi) is 4.82. The number of nitrogens with one attached hydrogen (secondary N) is 1. The van der Waals surface area contributed by atoms with Crippen molar-refractivity contribution in [3.8, 4) is 5.75 Å². The van der Waals surface area contributed by atoms with Gasteiger partial charge in [-0.25, -0.2) is 4.79 Å². The number of halogens is 1. The van der Waals surface area contributed by atoms with Crippen LogP contribution in [-0.2, 0) is 4.79 Å². The van der Waals surface area contributed by atoms with Crippen LogP contribution in [-0.4, -0.2) is 23.1 Å². The molecule has 0 bridgehead atoms. The van der Waals surface area contributed by atoms with Gasteiger partial charge >= 0.3 is 5.97 Å². The second-order valence-corrected chi connectivity index (χ2v) is 5.52. The normalized spacial score (nSPS) is 11.7. The third-order valence-electron chi connectivity index (χ3n) is 2.63. The number of amides is 1. The quantitative estimate of drug-likeness (QED) is 0.882. The molecule has 0 fully saturated rings. The number of hydrogen-bond acceptors (Lipinski definition) is 4. The van der Waals surface area contributed by atoms with E-state index in [9.17, 15) is 9.59 Å². The lowest BCUT2D eigenvalue weighted by molar-refractivity contribution is -0.122. The molecule has 1 amide bonds. The number of benzene rings is 1. The summed E-state index contributed by atoms with van der Waals surface area (Å²) < 4.78 is 5.47. The molecule has 5 nitrogen and oxygen atoms in total. The highest BCUT2D eigenvalue weighted by Crippen LogP contribution is 2.24. The fourth-order valence-corrected chi connectivity index (χ4v) is 2.47. The lowest BCUT2D eigenvalue weighted by Crippen LogP contribution is -2.30. The average Bonchev–Trinajstić information content (AvgIpc) is 2.89. The van der Waals surface area contributed by atoms with Crippen LogP contribution in [0.1, 0.15) is 17.3 Å². The molecule has 2 aromatic rings. The van der Waals surface area contributed by atoms with Crippen molar-refractivity contribution in [1.29, 1.82) is 0 Å². The lowest BCUT2D eigenvalue weighted by atomic mass is 10.3. The second-order valence-electron chi connectivity index (χ2n) is 4.17. The zero-order valence-electron chi connectivity index (χ0n) is 11.0. The highest BCUT2D eigenvalue weighted by atomic mass is 35.5. The summed E-state index contributed by atoms with van der Waals surface area (Å²) in [5.74, 6) is -1.00. The summed E-state index contributed by atoms with van der Waals surface area (Å²) in [4.78, 5) is 23.0. The van der Waals surface area contributed by atoms with Crippen molar-refractivity contribution in [2.45, 2.75) is 13.0 Å². The van der Waals surface area contributed by atoms with Gasteiger partial charge in [0.05, 0.1) is 5.56 Å². The first-order valence-electron chi connectivity index (χ1n) is 6.01. The number of aromatic carboxylic acids is 1. The first kappa shape index (κ1) is 15.3. The predicted molar refractivity (Wildman–Crippen MR) is 81.5 cm³/mol. The standard InChI is InChI=1S/C14H12ClNO4S/c1-8(20-10-4-2-9(15)3-5-10)12(17)16-13-11(14(18)19)6-7-21-13/h2-8H,1H3,(H,16,17)(H,18,19). The van der Waals surface area contributed by atoms with Crippen molar-refractivity contribution in [3.05, 3.63) is 46.3 Å². The molecule has 0 radical (unpaired) electrons. The Bertz CT molecular complexity index is 653. The van der Waals surface area contributed by atoms with Crippen LogP contribution in [0, 0.1) is 0 Å². The number of anilines is 1. The maximum absolute atomic E-state index is 12.0. The molecule has 2 rings (SSSR count). The van der Waals surface area contributed by atoms with Crippen molar-refractivity contribution in [2.75, 3.05) is 5.32 Å². The van der Waals surface area contributed by atoms with E-state index in [1.54, 1.807) is 36.6 Å². The summed E-state index contributed by atoms with van der Waals surface area (Å²) >= 11 is 6.91. The first-order chi connectivity index (χ1) is 9.97. The summed E-state index contributed by atoms with van der Waals surface area (Å²) in [6, 6.07) is 8.06. The minimum atomic E-state index is -1.09. The summed E-state index contributed by atoms with van der Waals surface area (Å²) in [6.07, 6.45) is -0.769. The van der Waals surface area contributed by atoms with Crippen LogP contribution in [0.5, 0.6) is 5.75 Å². The Hall–Kier alpha value is -2.05. The fourth-order valence-electron chi connectivity index (χ4n) is 1.56. The van der Waals surface area contributed by atoms with E-state index in [4.69, 9.17) is 21.4 Å². The molecule has 0 saturated heterocycles. The Morgan fingerprint density at radius 1 is 1.29 bits per heavy atom. The van der Waals surface area contributed by atoms with Crippen LogP contribution >= 0.6 is 22.9 Å². The van der Waals surface area contributed by atoms with Crippen LogP contribution in [0.15, 0.2) is 35.7 Å². The zero-order valence-corrected chi connectivity index (χ0v) is 12.6. The second kappa shape index (κ2) is 6.60. The van der Waals surface area contributed by atoms with E-state index in [0.717, 1.165) is 11.3 Å². The van der Waals surface area contributed by atoms with E-state index in [2.05, 4.69) is 5.32 Å². The van der Waals surface area contributed by atoms with E-state index in [1.165, 1.54) is 6.07 Å². The molecular weight excluding hydrogens is 314 g/mol. The molecule has 1 unspecified atom stereocenters. The molecule has 2 N–H and O–H groups in total. The fraction of sp³-hybridized carbons (Fsp3) is 0.143. The van der Waals surface area contributed by atoms with Crippen LogP contribution in [0.2, 0.25) is 5.02 Å². The topological polar surface area (TPSA) is 75.6 Å². The molecule has 110 valence electrons. The van der Waals surface area contributed by atoms with Crippen molar-refractivity contribution < 1.29 is 19.4 Å². The van der Waals surface area contributed by atoms with Gasteiger partial charge in [0, 0.05) is 5.02 Å². The molecule has 0 saturated carbocycles. The van der Waals surface area contributed by atoms with E-state index in [1.807, 2.05) is 0 Å². The molecule has 1 heterocycles. The Labute approximate surface area is 130 Å². The number of carboxylic acids is 1. The molecule has 7 heteroatoms. The molecular formula is C14H12ClNO4S.